The number of nitrogens with one attached hydrogen (secondary N) is 2. The molecule has 0 fully saturated rings. The van der Waals surface area contributed by atoms with Crippen LogP contribution in [-0.4, -0.2) is 25.0 Å². The minimum atomic E-state index is 0.175. The fourth-order valence-electron chi connectivity index (χ4n) is 1.71. The molecular weight excluding hydrogens is 216 g/mol. The number of rotatable bonds is 2. The fraction of sp³-hybridized carbons (Fsp3) is 0. The van der Waals surface area contributed by atoms with Crippen molar-refractivity contribution in [1.29, 1.82) is 0 Å². The quantitative estimate of drug-likeness (QED) is 0.626. The van der Waals surface area contributed by atoms with Gasteiger partial charge in [0.05, 0.1) is 5.56 Å². The van der Waals surface area contributed by atoms with Crippen LogP contribution in [0.2, 0.25) is 0 Å². The van der Waals surface area contributed by atoms with Gasteiger partial charge >= 0.3 is 0 Å². The molecule has 0 amide bonds. The van der Waals surface area contributed by atoms with E-state index in [2.05, 4.69) is 19.9 Å². The molecule has 2 heterocycles. The summed E-state index contributed by atoms with van der Waals surface area (Å²) >= 11 is 0. The van der Waals surface area contributed by atoms with Gasteiger partial charge in [0, 0.05) is 30.4 Å². The zero-order valence-corrected chi connectivity index (χ0v) is 8.88. The standard InChI is InChI=1S/C12H10N4O/c17-10-7-8(11-13-3-4-14-11)1-2-9(10)12-15-5-6-16-12/h1-7,17H,(H,13,14)(H,15,16). The van der Waals surface area contributed by atoms with Gasteiger partial charge in [0.1, 0.15) is 17.4 Å². The molecule has 3 aromatic rings. The second kappa shape index (κ2) is 3.79. The van der Waals surface area contributed by atoms with Crippen molar-refractivity contribution in [3.63, 3.8) is 0 Å². The molecule has 0 saturated heterocycles. The van der Waals surface area contributed by atoms with Crippen LogP contribution in [0, 0.1) is 0 Å². The fourth-order valence-corrected chi connectivity index (χ4v) is 1.71. The van der Waals surface area contributed by atoms with Crippen molar-refractivity contribution in [2.24, 2.45) is 0 Å². The Morgan fingerprint density at radius 1 is 0.941 bits per heavy atom. The maximum atomic E-state index is 9.96. The van der Waals surface area contributed by atoms with E-state index in [1.54, 1.807) is 30.9 Å². The second-order valence-corrected chi connectivity index (χ2v) is 3.61. The summed E-state index contributed by atoms with van der Waals surface area (Å²) in [6, 6.07) is 5.36. The van der Waals surface area contributed by atoms with Crippen molar-refractivity contribution in [3.8, 4) is 28.5 Å². The average Bonchev–Trinajstić information content (AvgIpc) is 3.02. The van der Waals surface area contributed by atoms with Gasteiger partial charge in [-0.3, -0.25) is 0 Å². The normalized spacial score (nSPS) is 10.6. The molecule has 5 heteroatoms. The van der Waals surface area contributed by atoms with Crippen LogP contribution in [-0.2, 0) is 0 Å². The van der Waals surface area contributed by atoms with Gasteiger partial charge in [0.15, 0.2) is 0 Å². The lowest BCUT2D eigenvalue weighted by molar-refractivity contribution is 0.477. The Labute approximate surface area is 97.2 Å². The number of H-pyrrole nitrogens is 2. The molecule has 1 aromatic carbocycles. The molecule has 0 bridgehead atoms. The SMILES string of the molecule is Oc1cc(-c2ncc[nH]2)ccc1-c1ncc[nH]1. The summed E-state index contributed by atoms with van der Waals surface area (Å²) in [5, 5.41) is 9.96. The molecule has 0 saturated carbocycles. The summed E-state index contributed by atoms with van der Waals surface area (Å²) in [7, 11) is 0. The van der Waals surface area contributed by atoms with Crippen LogP contribution in [0.15, 0.2) is 43.0 Å². The number of hydrogen-bond donors (Lipinski definition) is 3. The molecule has 0 atom stereocenters. The first-order valence-corrected chi connectivity index (χ1v) is 5.17. The monoisotopic (exact) mass is 226 g/mol. The smallest absolute Gasteiger partial charge is 0.141 e. The van der Waals surface area contributed by atoms with E-state index >= 15 is 0 Å². The third kappa shape index (κ3) is 1.67. The largest absolute Gasteiger partial charge is 0.507 e. The zero-order valence-electron chi connectivity index (χ0n) is 8.88. The third-order valence-electron chi connectivity index (χ3n) is 2.52. The van der Waals surface area contributed by atoms with Crippen LogP contribution >= 0.6 is 0 Å². The van der Waals surface area contributed by atoms with Crippen molar-refractivity contribution >= 4 is 0 Å². The minimum Gasteiger partial charge on any atom is -0.507 e. The maximum absolute atomic E-state index is 9.96. The van der Waals surface area contributed by atoms with Gasteiger partial charge in [-0.05, 0) is 12.1 Å². The van der Waals surface area contributed by atoms with E-state index in [0.29, 0.717) is 11.4 Å². The summed E-state index contributed by atoms with van der Waals surface area (Å²) in [5.41, 5.74) is 1.51. The molecule has 84 valence electrons. The van der Waals surface area contributed by atoms with Crippen molar-refractivity contribution < 1.29 is 5.11 Å². The van der Waals surface area contributed by atoms with Gasteiger partial charge in [-0.1, -0.05) is 6.07 Å². The van der Waals surface area contributed by atoms with Gasteiger partial charge in [-0.15, -0.1) is 0 Å². The Bertz CT molecular complexity index is 614. The highest BCUT2D eigenvalue weighted by atomic mass is 16.3. The molecule has 0 unspecified atom stereocenters. The first-order chi connectivity index (χ1) is 8.34. The Hall–Kier alpha value is -2.56. The number of phenolic OH excluding ortho intramolecular Hbond substituents is 1. The summed E-state index contributed by atoms with van der Waals surface area (Å²) in [4.78, 5) is 14.2. The molecule has 0 aliphatic carbocycles. The van der Waals surface area contributed by atoms with Crippen LogP contribution in [0.5, 0.6) is 5.75 Å². The molecule has 2 aromatic heterocycles. The highest BCUT2D eigenvalue weighted by molar-refractivity contribution is 5.70. The van der Waals surface area contributed by atoms with E-state index < -0.39 is 0 Å². The number of hydrogen-bond acceptors (Lipinski definition) is 3. The lowest BCUT2D eigenvalue weighted by atomic mass is 10.1. The molecule has 0 radical (unpaired) electrons. The lowest BCUT2D eigenvalue weighted by Crippen LogP contribution is -1.85. The summed E-state index contributed by atoms with van der Waals surface area (Å²) in [6.45, 7) is 0. The van der Waals surface area contributed by atoms with E-state index in [4.69, 9.17) is 0 Å². The third-order valence-corrected chi connectivity index (χ3v) is 2.52. The van der Waals surface area contributed by atoms with E-state index in [-0.39, 0.29) is 5.75 Å². The van der Waals surface area contributed by atoms with Gasteiger partial charge in [0.2, 0.25) is 0 Å². The van der Waals surface area contributed by atoms with E-state index in [1.807, 2.05) is 12.1 Å². The first kappa shape index (κ1) is 9.65. The van der Waals surface area contributed by atoms with Gasteiger partial charge < -0.3 is 15.1 Å². The summed E-state index contributed by atoms with van der Waals surface area (Å²) in [6.07, 6.45) is 6.78. The Morgan fingerprint density at radius 3 is 2.24 bits per heavy atom. The number of aromatic nitrogens is 4. The minimum absolute atomic E-state index is 0.175. The van der Waals surface area contributed by atoms with Crippen LogP contribution in [0.4, 0.5) is 0 Å². The molecule has 5 nitrogen and oxygen atoms in total. The molecular formula is C12H10N4O. The molecule has 0 aliphatic heterocycles. The lowest BCUT2D eigenvalue weighted by Gasteiger charge is -2.03. The van der Waals surface area contributed by atoms with Crippen molar-refractivity contribution in [2.75, 3.05) is 0 Å². The van der Waals surface area contributed by atoms with Crippen LogP contribution in [0.25, 0.3) is 22.8 Å². The number of benzene rings is 1. The predicted molar refractivity (Wildman–Crippen MR) is 63.3 cm³/mol. The van der Waals surface area contributed by atoms with Crippen molar-refractivity contribution in [2.45, 2.75) is 0 Å². The molecule has 17 heavy (non-hydrogen) atoms. The van der Waals surface area contributed by atoms with Crippen LogP contribution in [0.1, 0.15) is 0 Å². The number of aromatic amines is 2. The Kier molecular flexibility index (Phi) is 2.15. The number of aromatic hydroxyl groups is 1. The van der Waals surface area contributed by atoms with E-state index in [0.717, 1.165) is 11.4 Å². The number of phenols is 1. The predicted octanol–water partition coefficient (Wildman–Crippen LogP) is 2.17. The highest BCUT2D eigenvalue weighted by Gasteiger charge is 2.08. The van der Waals surface area contributed by atoms with Crippen molar-refractivity contribution in [1.82, 2.24) is 19.9 Å². The first-order valence-electron chi connectivity index (χ1n) is 5.17. The van der Waals surface area contributed by atoms with Gasteiger partial charge in [-0.25, -0.2) is 9.97 Å². The van der Waals surface area contributed by atoms with Gasteiger partial charge in [0.25, 0.3) is 0 Å². The molecule has 0 aliphatic rings. The van der Waals surface area contributed by atoms with E-state index in [1.165, 1.54) is 0 Å². The Balaban J connectivity index is 2.06. The summed E-state index contributed by atoms with van der Waals surface area (Å²) in [5.74, 6) is 1.55. The second-order valence-electron chi connectivity index (χ2n) is 3.61. The molecule has 3 rings (SSSR count). The van der Waals surface area contributed by atoms with Gasteiger partial charge in [-0.2, -0.15) is 0 Å². The van der Waals surface area contributed by atoms with Crippen LogP contribution in [0.3, 0.4) is 0 Å². The van der Waals surface area contributed by atoms with E-state index in [9.17, 15) is 5.11 Å². The highest BCUT2D eigenvalue weighted by Crippen LogP contribution is 2.30. The zero-order chi connectivity index (χ0) is 11.7. The number of nitrogens with zero attached hydrogens (tertiary/aromatic N) is 2. The average molecular weight is 226 g/mol. The van der Waals surface area contributed by atoms with Crippen molar-refractivity contribution in [3.05, 3.63) is 43.0 Å². The maximum Gasteiger partial charge on any atom is 0.141 e. The molecule has 0 spiro atoms. The molecule has 3 N–H and O–H groups in total. The Morgan fingerprint density at radius 2 is 1.65 bits per heavy atom. The van der Waals surface area contributed by atoms with Crippen LogP contribution < -0.4 is 0 Å². The topological polar surface area (TPSA) is 77.6 Å². The summed E-state index contributed by atoms with van der Waals surface area (Å²) < 4.78 is 0. The number of imidazole rings is 2.